The summed E-state index contributed by atoms with van der Waals surface area (Å²) in [6.07, 6.45) is 4.98. The number of aryl methyl sites for hydroxylation is 1. The number of hydrogen-bond donors (Lipinski definition) is 1. The van der Waals surface area contributed by atoms with Gasteiger partial charge in [-0.2, -0.15) is 0 Å². The topological polar surface area (TPSA) is 30.9 Å². The van der Waals surface area contributed by atoms with Crippen LogP contribution in [-0.2, 0) is 6.42 Å². The summed E-state index contributed by atoms with van der Waals surface area (Å²) < 4.78 is 1.93. The fourth-order valence-corrected chi connectivity index (χ4v) is 3.12. The zero-order chi connectivity index (χ0) is 11.1. The van der Waals surface area contributed by atoms with Gasteiger partial charge >= 0.3 is 0 Å². The van der Waals surface area contributed by atoms with Crippen molar-refractivity contribution in [2.24, 2.45) is 0 Å². The van der Waals surface area contributed by atoms with Crippen molar-refractivity contribution >= 4 is 10.9 Å². The molecule has 0 bridgehead atoms. The highest BCUT2D eigenvalue weighted by Gasteiger charge is 2.25. The zero-order valence-corrected chi connectivity index (χ0v) is 9.74. The largest absolute Gasteiger partial charge is 0.339 e. The summed E-state index contributed by atoms with van der Waals surface area (Å²) in [5.74, 6) is 6.90. The van der Waals surface area contributed by atoms with Crippen molar-refractivity contribution in [1.82, 2.24) is 4.68 Å². The van der Waals surface area contributed by atoms with E-state index in [2.05, 4.69) is 31.2 Å². The number of nitrogens with zero attached hydrogens (tertiary/aromatic N) is 1. The molecule has 0 spiro atoms. The number of nitrogen functional groups attached to an aromatic ring is 1. The highest BCUT2D eigenvalue weighted by atomic mass is 15.3. The summed E-state index contributed by atoms with van der Waals surface area (Å²) in [5.41, 5.74) is 4.07. The predicted molar refractivity (Wildman–Crippen MR) is 68.1 cm³/mol. The van der Waals surface area contributed by atoms with Crippen LogP contribution in [-0.4, -0.2) is 4.68 Å². The maximum Gasteiger partial charge on any atom is 0.0696 e. The summed E-state index contributed by atoms with van der Waals surface area (Å²) >= 11 is 0. The van der Waals surface area contributed by atoms with Crippen LogP contribution in [0.2, 0.25) is 0 Å². The minimum atomic E-state index is 0.654. The molecule has 1 unspecified atom stereocenters. The van der Waals surface area contributed by atoms with Crippen LogP contribution in [0.4, 0.5) is 0 Å². The van der Waals surface area contributed by atoms with Crippen molar-refractivity contribution in [3.8, 4) is 0 Å². The molecule has 2 heteroatoms. The van der Waals surface area contributed by atoms with Gasteiger partial charge in [0.05, 0.1) is 5.52 Å². The maximum atomic E-state index is 6.24. The van der Waals surface area contributed by atoms with Crippen LogP contribution < -0.4 is 5.84 Å². The van der Waals surface area contributed by atoms with E-state index in [1.54, 1.807) is 0 Å². The molecular weight excluding hydrogens is 196 g/mol. The van der Waals surface area contributed by atoms with Crippen LogP contribution in [0.3, 0.4) is 0 Å². The number of rotatable bonds is 1. The van der Waals surface area contributed by atoms with E-state index in [-0.39, 0.29) is 0 Å². The first-order chi connectivity index (χ1) is 7.83. The summed E-state index contributed by atoms with van der Waals surface area (Å²) in [6.45, 7) is 2.26. The minimum absolute atomic E-state index is 0.654. The normalized spacial score (nSPS) is 19.9. The maximum absolute atomic E-state index is 6.24. The van der Waals surface area contributed by atoms with E-state index in [0.717, 1.165) is 0 Å². The fourth-order valence-electron chi connectivity index (χ4n) is 3.12. The van der Waals surface area contributed by atoms with Crippen LogP contribution >= 0.6 is 0 Å². The first kappa shape index (κ1) is 9.76. The molecule has 1 atom stereocenters. The van der Waals surface area contributed by atoms with Crippen molar-refractivity contribution < 1.29 is 0 Å². The Bertz CT molecular complexity index is 525. The highest BCUT2D eigenvalue weighted by Crippen LogP contribution is 2.38. The van der Waals surface area contributed by atoms with E-state index >= 15 is 0 Å². The van der Waals surface area contributed by atoms with Gasteiger partial charge in [0, 0.05) is 17.0 Å². The fraction of sp³-hybridized carbons (Fsp3) is 0.429. The summed E-state index contributed by atoms with van der Waals surface area (Å²) in [7, 11) is 0. The third-order valence-corrected chi connectivity index (χ3v) is 3.92. The van der Waals surface area contributed by atoms with Gasteiger partial charge in [0.25, 0.3) is 0 Å². The second-order valence-corrected chi connectivity index (χ2v) is 4.75. The molecule has 84 valence electrons. The molecule has 0 amide bonds. The monoisotopic (exact) mass is 214 g/mol. The molecule has 1 aromatic heterocycles. The number of nitrogens with two attached hydrogens (primary N) is 1. The predicted octanol–water partition coefficient (Wildman–Crippen LogP) is 3.19. The lowest BCUT2D eigenvalue weighted by atomic mass is 9.85. The second kappa shape index (κ2) is 3.55. The molecule has 0 aliphatic heterocycles. The Labute approximate surface area is 96.0 Å². The number of para-hydroxylation sites is 1. The standard InChI is InChI=1S/C14H18N2/c1-2-10-6-5-8-12-11-7-3-4-9-13(11)16(15)14(10)12/h3-4,7,9-10H,2,5-6,8,15H2,1H3. The molecule has 0 saturated heterocycles. The smallest absolute Gasteiger partial charge is 0.0696 e. The van der Waals surface area contributed by atoms with Gasteiger partial charge in [-0.3, -0.25) is 4.68 Å². The van der Waals surface area contributed by atoms with Gasteiger partial charge in [0.2, 0.25) is 0 Å². The lowest BCUT2D eigenvalue weighted by Crippen LogP contribution is -2.18. The van der Waals surface area contributed by atoms with Gasteiger partial charge in [0.15, 0.2) is 0 Å². The van der Waals surface area contributed by atoms with E-state index in [4.69, 9.17) is 5.84 Å². The third kappa shape index (κ3) is 1.19. The molecular formula is C14H18N2. The lowest BCUT2D eigenvalue weighted by Gasteiger charge is -2.22. The van der Waals surface area contributed by atoms with Gasteiger partial charge in [-0.15, -0.1) is 0 Å². The van der Waals surface area contributed by atoms with E-state index in [9.17, 15) is 0 Å². The van der Waals surface area contributed by atoms with Gasteiger partial charge in [-0.1, -0.05) is 25.1 Å². The Morgan fingerprint density at radius 1 is 1.38 bits per heavy atom. The van der Waals surface area contributed by atoms with Crippen molar-refractivity contribution in [3.05, 3.63) is 35.5 Å². The van der Waals surface area contributed by atoms with Crippen LogP contribution in [0.5, 0.6) is 0 Å². The van der Waals surface area contributed by atoms with Crippen molar-refractivity contribution in [3.63, 3.8) is 0 Å². The highest BCUT2D eigenvalue weighted by molar-refractivity contribution is 5.86. The molecule has 0 fully saturated rings. The Balaban J connectivity index is 2.33. The van der Waals surface area contributed by atoms with E-state index in [0.29, 0.717) is 5.92 Å². The van der Waals surface area contributed by atoms with Crippen LogP contribution in [0.1, 0.15) is 43.4 Å². The van der Waals surface area contributed by atoms with Crippen LogP contribution in [0, 0.1) is 0 Å². The van der Waals surface area contributed by atoms with E-state index < -0.39 is 0 Å². The zero-order valence-electron chi connectivity index (χ0n) is 9.74. The van der Waals surface area contributed by atoms with Gasteiger partial charge in [0.1, 0.15) is 0 Å². The van der Waals surface area contributed by atoms with Crippen LogP contribution in [0.15, 0.2) is 24.3 Å². The van der Waals surface area contributed by atoms with Crippen LogP contribution in [0.25, 0.3) is 10.9 Å². The minimum Gasteiger partial charge on any atom is -0.339 e. The summed E-state index contributed by atoms with van der Waals surface area (Å²) in [4.78, 5) is 0. The molecule has 0 saturated carbocycles. The third-order valence-electron chi connectivity index (χ3n) is 3.92. The van der Waals surface area contributed by atoms with Gasteiger partial charge in [-0.25, -0.2) is 0 Å². The number of fused-ring (bicyclic) bond motifs is 3. The molecule has 1 aromatic carbocycles. The molecule has 1 aliphatic rings. The van der Waals surface area contributed by atoms with E-state index in [1.807, 2.05) is 4.68 Å². The molecule has 1 heterocycles. The lowest BCUT2D eigenvalue weighted by molar-refractivity contribution is 0.519. The molecule has 2 aromatic rings. The first-order valence-electron chi connectivity index (χ1n) is 6.20. The van der Waals surface area contributed by atoms with Crippen molar-refractivity contribution in [2.45, 2.75) is 38.5 Å². The summed E-state index contributed by atoms with van der Waals surface area (Å²) in [6, 6.07) is 8.51. The Morgan fingerprint density at radius 2 is 2.19 bits per heavy atom. The Kier molecular flexibility index (Phi) is 2.16. The quantitative estimate of drug-likeness (QED) is 0.726. The number of aromatic nitrogens is 1. The molecule has 2 nitrogen and oxygen atoms in total. The molecule has 3 rings (SSSR count). The average molecular weight is 214 g/mol. The molecule has 16 heavy (non-hydrogen) atoms. The first-order valence-corrected chi connectivity index (χ1v) is 6.20. The number of benzene rings is 1. The Hall–Kier alpha value is -1.44. The van der Waals surface area contributed by atoms with Gasteiger partial charge in [-0.05, 0) is 37.3 Å². The van der Waals surface area contributed by atoms with E-state index in [1.165, 1.54) is 47.8 Å². The molecule has 2 N–H and O–H groups in total. The average Bonchev–Trinajstić information content (AvgIpc) is 2.64. The Morgan fingerprint density at radius 3 is 3.00 bits per heavy atom. The molecule has 1 aliphatic carbocycles. The van der Waals surface area contributed by atoms with Crippen molar-refractivity contribution in [2.75, 3.05) is 5.84 Å². The molecule has 0 radical (unpaired) electrons. The second-order valence-electron chi connectivity index (χ2n) is 4.75. The summed E-state index contributed by atoms with van der Waals surface area (Å²) in [5, 5.41) is 1.36. The number of hydrogen-bond acceptors (Lipinski definition) is 1. The SMILES string of the molecule is CCC1CCCc2c1n(N)c1ccccc21. The van der Waals surface area contributed by atoms with Gasteiger partial charge < -0.3 is 5.84 Å². The van der Waals surface area contributed by atoms with Crippen molar-refractivity contribution in [1.29, 1.82) is 0 Å².